The molecule has 2 saturated heterocycles. The van der Waals surface area contributed by atoms with Gasteiger partial charge in [-0.25, -0.2) is 4.39 Å². The van der Waals surface area contributed by atoms with E-state index in [2.05, 4.69) is 4.90 Å². The number of aliphatic hydroxyl groups is 1. The summed E-state index contributed by atoms with van der Waals surface area (Å²) in [7, 11) is 0. The summed E-state index contributed by atoms with van der Waals surface area (Å²) in [5, 5.41) is 11.2. The van der Waals surface area contributed by atoms with E-state index in [0.29, 0.717) is 44.6 Å². The molecule has 0 aromatic heterocycles. The lowest BCUT2D eigenvalue weighted by molar-refractivity contribution is -0.153. The second kappa shape index (κ2) is 7.10. The SMILES string of the molecule is O=C(C1CCC1)N1CC[C@@]2(O)CCN(Cc3cccc(Cl)c3F)C[C@H]2C1. The van der Waals surface area contributed by atoms with Crippen molar-refractivity contribution < 1.29 is 14.3 Å². The minimum atomic E-state index is -0.695. The Morgan fingerprint density at radius 3 is 2.77 bits per heavy atom. The second-order valence-electron chi connectivity index (χ2n) is 8.16. The van der Waals surface area contributed by atoms with Gasteiger partial charge in [-0.05, 0) is 31.7 Å². The van der Waals surface area contributed by atoms with Crippen LogP contribution in [0, 0.1) is 17.7 Å². The van der Waals surface area contributed by atoms with E-state index in [4.69, 9.17) is 11.6 Å². The molecule has 0 radical (unpaired) electrons. The molecule has 1 N–H and O–H groups in total. The molecule has 3 fully saturated rings. The largest absolute Gasteiger partial charge is 0.389 e. The standard InChI is InChI=1S/C20H26ClFN2O2/c21-17-6-2-5-15(18(17)22)11-23-9-7-20(26)8-10-24(13-16(20)12-23)19(25)14-3-1-4-14/h2,5-6,14,16,26H,1,3-4,7-13H2/t16-,20-/m0/s1. The van der Waals surface area contributed by atoms with Crippen molar-refractivity contribution in [1.29, 1.82) is 0 Å². The maximum Gasteiger partial charge on any atom is 0.225 e. The molecule has 1 aromatic carbocycles. The first kappa shape index (κ1) is 18.2. The lowest BCUT2D eigenvalue weighted by Crippen LogP contribution is -2.61. The molecule has 4 rings (SSSR count). The van der Waals surface area contributed by atoms with Crippen LogP contribution in [0.1, 0.15) is 37.7 Å². The number of benzene rings is 1. The molecule has 1 aromatic rings. The summed E-state index contributed by atoms with van der Waals surface area (Å²) >= 11 is 5.89. The molecule has 0 unspecified atom stereocenters. The smallest absolute Gasteiger partial charge is 0.225 e. The highest BCUT2D eigenvalue weighted by atomic mass is 35.5. The summed E-state index contributed by atoms with van der Waals surface area (Å²) in [5.41, 5.74) is -0.110. The lowest BCUT2D eigenvalue weighted by Gasteiger charge is -2.51. The van der Waals surface area contributed by atoms with Gasteiger partial charge in [-0.15, -0.1) is 0 Å². The maximum atomic E-state index is 14.2. The molecule has 2 aliphatic heterocycles. The zero-order valence-electron chi connectivity index (χ0n) is 15.0. The molecule has 4 nitrogen and oxygen atoms in total. The number of amides is 1. The van der Waals surface area contributed by atoms with Crippen LogP contribution in [0.2, 0.25) is 5.02 Å². The molecule has 26 heavy (non-hydrogen) atoms. The van der Waals surface area contributed by atoms with Gasteiger partial charge in [0.2, 0.25) is 5.91 Å². The summed E-state index contributed by atoms with van der Waals surface area (Å²) in [6, 6.07) is 5.08. The number of carbonyl (C=O) groups is 1. The van der Waals surface area contributed by atoms with Gasteiger partial charge in [0, 0.05) is 50.1 Å². The van der Waals surface area contributed by atoms with E-state index in [-0.39, 0.29) is 28.6 Å². The van der Waals surface area contributed by atoms with E-state index < -0.39 is 5.60 Å². The summed E-state index contributed by atoms with van der Waals surface area (Å²) in [6.07, 6.45) is 4.48. The molecular formula is C20H26ClFN2O2. The molecule has 0 spiro atoms. The second-order valence-corrected chi connectivity index (χ2v) is 8.57. The third kappa shape index (κ3) is 3.37. The van der Waals surface area contributed by atoms with E-state index in [1.807, 2.05) is 4.90 Å². The van der Waals surface area contributed by atoms with Crippen LogP contribution in [0.3, 0.4) is 0 Å². The van der Waals surface area contributed by atoms with Crippen molar-refractivity contribution in [1.82, 2.24) is 9.80 Å². The number of likely N-dealkylation sites (tertiary alicyclic amines) is 2. The van der Waals surface area contributed by atoms with Crippen LogP contribution in [0.4, 0.5) is 4.39 Å². The van der Waals surface area contributed by atoms with E-state index >= 15 is 0 Å². The minimum Gasteiger partial charge on any atom is -0.389 e. The highest BCUT2D eigenvalue weighted by Gasteiger charge is 2.46. The fourth-order valence-corrected chi connectivity index (χ4v) is 4.73. The number of piperidine rings is 2. The summed E-state index contributed by atoms with van der Waals surface area (Å²) in [5.74, 6) is 0.120. The van der Waals surface area contributed by atoms with Gasteiger partial charge < -0.3 is 10.0 Å². The Balaban J connectivity index is 1.43. The third-order valence-electron chi connectivity index (χ3n) is 6.55. The zero-order valence-corrected chi connectivity index (χ0v) is 15.7. The minimum absolute atomic E-state index is 0.0243. The maximum absolute atomic E-state index is 14.2. The van der Waals surface area contributed by atoms with Gasteiger partial charge in [0.1, 0.15) is 5.82 Å². The number of fused-ring (bicyclic) bond motifs is 1. The first-order valence-electron chi connectivity index (χ1n) is 9.63. The van der Waals surface area contributed by atoms with Gasteiger partial charge in [-0.3, -0.25) is 9.69 Å². The Morgan fingerprint density at radius 1 is 1.27 bits per heavy atom. The van der Waals surface area contributed by atoms with Crippen LogP contribution in [0.15, 0.2) is 18.2 Å². The van der Waals surface area contributed by atoms with Crippen molar-refractivity contribution in [2.45, 2.75) is 44.2 Å². The first-order valence-corrected chi connectivity index (χ1v) is 10.0. The highest BCUT2D eigenvalue weighted by molar-refractivity contribution is 6.30. The van der Waals surface area contributed by atoms with Gasteiger partial charge in [0.15, 0.2) is 0 Å². The van der Waals surface area contributed by atoms with Gasteiger partial charge in [-0.1, -0.05) is 30.2 Å². The molecule has 1 aliphatic carbocycles. The fourth-order valence-electron chi connectivity index (χ4n) is 4.54. The van der Waals surface area contributed by atoms with Crippen molar-refractivity contribution in [3.8, 4) is 0 Å². The lowest BCUT2D eigenvalue weighted by atomic mass is 9.74. The average Bonchev–Trinajstić information content (AvgIpc) is 2.57. The molecule has 2 heterocycles. The van der Waals surface area contributed by atoms with Crippen LogP contribution in [0.25, 0.3) is 0 Å². The van der Waals surface area contributed by atoms with Crippen molar-refractivity contribution in [3.63, 3.8) is 0 Å². The number of rotatable bonds is 3. The van der Waals surface area contributed by atoms with Crippen LogP contribution in [-0.4, -0.2) is 52.6 Å². The number of halogens is 2. The summed E-state index contributed by atoms with van der Waals surface area (Å²) in [6.45, 7) is 3.16. The van der Waals surface area contributed by atoms with E-state index in [9.17, 15) is 14.3 Å². The van der Waals surface area contributed by atoms with E-state index in [1.54, 1.807) is 18.2 Å². The Labute approximate surface area is 158 Å². The first-order chi connectivity index (χ1) is 12.5. The van der Waals surface area contributed by atoms with Gasteiger partial charge in [-0.2, -0.15) is 0 Å². The third-order valence-corrected chi connectivity index (χ3v) is 6.84. The Bertz CT molecular complexity index is 696. The van der Waals surface area contributed by atoms with Crippen molar-refractivity contribution in [3.05, 3.63) is 34.6 Å². The van der Waals surface area contributed by atoms with Crippen LogP contribution in [-0.2, 0) is 11.3 Å². The molecule has 1 saturated carbocycles. The predicted molar refractivity (Wildman–Crippen MR) is 98.3 cm³/mol. The van der Waals surface area contributed by atoms with Crippen molar-refractivity contribution in [2.75, 3.05) is 26.2 Å². The molecular weight excluding hydrogens is 355 g/mol. The number of carbonyl (C=O) groups excluding carboxylic acids is 1. The quantitative estimate of drug-likeness (QED) is 0.876. The van der Waals surface area contributed by atoms with Crippen LogP contribution < -0.4 is 0 Å². The molecule has 0 bridgehead atoms. The van der Waals surface area contributed by atoms with Crippen LogP contribution in [0.5, 0.6) is 0 Å². The van der Waals surface area contributed by atoms with E-state index in [0.717, 1.165) is 25.8 Å². The Kier molecular flexibility index (Phi) is 4.97. The Morgan fingerprint density at radius 2 is 2.04 bits per heavy atom. The molecule has 6 heteroatoms. The zero-order chi connectivity index (χ0) is 18.3. The molecule has 2 atom stereocenters. The van der Waals surface area contributed by atoms with Gasteiger partial charge in [0.05, 0.1) is 10.6 Å². The number of nitrogens with zero attached hydrogens (tertiary/aromatic N) is 2. The number of hydrogen-bond acceptors (Lipinski definition) is 3. The predicted octanol–water partition coefficient (Wildman–Crippen LogP) is 3.06. The van der Waals surface area contributed by atoms with Crippen molar-refractivity contribution in [2.24, 2.45) is 11.8 Å². The average molecular weight is 381 g/mol. The highest BCUT2D eigenvalue weighted by Crippen LogP contribution is 2.38. The van der Waals surface area contributed by atoms with Crippen molar-refractivity contribution >= 4 is 17.5 Å². The monoisotopic (exact) mass is 380 g/mol. The summed E-state index contributed by atoms with van der Waals surface area (Å²) in [4.78, 5) is 16.7. The fraction of sp³-hybridized carbons (Fsp3) is 0.650. The topological polar surface area (TPSA) is 43.8 Å². The molecule has 142 valence electrons. The molecule has 3 aliphatic rings. The van der Waals surface area contributed by atoms with E-state index in [1.165, 1.54) is 0 Å². The summed E-state index contributed by atoms with van der Waals surface area (Å²) < 4.78 is 14.2. The molecule has 1 amide bonds. The van der Waals surface area contributed by atoms with Gasteiger partial charge in [0.25, 0.3) is 0 Å². The van der Waals surface area contributed by atoms with Crippen LogP contribution >= 0.6 is 11.6 Å². The normalized spacial score (nSPS) is 30.0. The number of hydrogen-bond donors (Lipinski definition) is 1. The van der Waals surface area contributed by atoms with Gasteiger partial charge >= 0.3 is 0 Å². The Hall–Kier alpha value is -1.17.